The zero-order valence-electron chi connectivity index (χ0n) is 16.1. The normalized spacial score (nSPS) is 13.6. The minimum atomic E-state index is -0.544. The van der Waals surface area contributed by atoms with Crippen LogP contribution in [0, 0.1) is 0 Å². The molecule has 1 aromatic carbocycles. The van der Waals surface area contributed by atoms with Crippen LogP contribution in [0.25, 0.3) is 0 Å². The quantitative estimate of drug-likeness (QED) is 0.707. The Morgan fingerprint density at radius 1 is 1.18 bits per heavy atom. The van der Waals surface area contributed by atoms with E-state index < -0.39 is 5.91 Å². The summed E-state index contributed by atoms with van der Waals surface area (Å²) in [5.41, 5.74) is 8.03. The number of nitrogens with one attached hydrogen (secondary N) is 1. The SMILES string of the molecule is CCOc1cc2c(cc1OCC)CN(CC(=O)Nc1sccc1C(N)=O)CC2. The second kappa shape index (κ2) is 9.07. The zero-order valence-corrected chi connectivity index (χ0v) is 16.9. The van der Waals surface area contributed by atoms with E-state index in [1.807, 2.05) is 26.0 Å². The van der Waals surface area contributed by atoms with Gasteiger partial charge in [0.15, 0.2) is 11.5 Å². The molecular weight excluding hydrogens is 378 g/mol. The zero-order chi connectivity index (χ0) is 20.1. The van der Waals surface area contributed by atoms with Crippen LogP contribution in [0.2, 0.25) is 0 Å². The summed E-state index contributed by atoms with van der Waals surface area (Å²) >= 11 is 1.29. The molecule has 2 heterocycles. The molecule has 7 nitrogen and oxygen atoms in total. The Balaban J connectivity index is 1.67. The van der Waals surface area contributed by atoms with Gasteiger partial charge in [0.1, 0.15) is 5.00 Å². The summed E-state index contributed by atoms with van der Waals surface area (Å²) in [5.74, 6) is 0.798. The molecule has 0 spiro atoms. The summed E-state index contributed by atoms with van der Waals surface area (Å²) < 4.78 is 11.4. The lowest BCUT2D eigenvalue weighted by molar-refractivity contribution is -0.117. The van der Waals surface area contributed by atoms with Gasteiger partial charge in [0.25, 0.3) is 5.91 Å². The number of amides is 2. The Morgan fingerprint density at radius 3 is 2.50 bits per heavy atom. The number of nitrogens with two attached hydrogens (primary N) is 1. The van der Waals surface area contributed by atoms with Crippen LogP contribution in [0.15, 0.2) is 23.6 Å². The monoisotopic (exact) mass is 403 g/mol. The van der Waals surface area contributed by atoms with Gasteiger partial charge < -0.3 is 20.5 Å². The fourth-order valence-corrected chi connectivity index (χ4v) is 4.07. The number of hydrogen-bond acceptors (Lipinski definition) is 6. The average molecular weight is 404 g/mol. The van der Waals surface area contributed by atoms with E-state index in [0.717, 1.165) is 30.0 Å². The van der Waals surface area contributed by atoms with E-state index in [0.29, 0.717) is 30.3 Å². The van der Waals surface area contributed by atoms with E-state index in [1.165, 1.54) is 16.9 Å². The molecule has 3 N–H and O–H groups in total. The number of carbonyl (C=O) groups excluding carboxylic acids is 2. The van der Waals surface area contributed by atoms with Gasteiger partial charge in [-0.15, -0.1) is 11.3 Å². The van der Waals surface area contributed by atoms with Gasteiger partial charge in [-0.25, -0.2) is 0 Å². The number of thiophene rings is 1. The summed E-state index contributed by atoms with van der Waals surface area (Å²) in [5, 5.41) is 5.02. The summed E-state index contributed by atoms with van der Waals surface area (Å²) in [6, 6.07) is 5.68. The number of anilines is 1. The number of nitrogens with zero attached hydrogens (tertiary/aromatic N) is 1. The Hall–Kier alpha value is -2.58. The highest BCUT2D eigenvalue weighted by molar-refractivity contribution is 7.14. The maximum absolute atomic E-state index is 12.4. The standard InChI is InChI=1S/C20H25N3O4S/c1-3-26-16-9-13-5-7-23(11-14(13)10-17(16)27-4-2)12-18(24)22-20-15(19(21)25)6-8-28-20/h6,8-10H,3-5,7,11-12H2,1-2H3,(H2,21,25)(H,22,24). The van der Waals surface area contributed by atoms with Crippen LogP contribution in [0.4, 0.5) is 5.00 Å². The van der Waals surface area contributed by atoms with Crippen molar-refractivity contribution in [1.82, 2.24) is 4.90 Å². The van der Waals surface area contributed by atoms with Crippen molar-refractivity contribution in [2.45, 2.75) is 26.8 Å². The number of primary amides is 1. The molecular formula is C20H25N3O4S. The molecule has 3 rings (SSSR count). The van der Waals surface area contributed by atoms with Gasteiger partial charge in [0.05, 0.1) is 25.3 Å². The molecule has 1 aromatic heterocycles. The third kappa shape index (κ3) is 4.63. The predicted octanol–water partition coefficient (Wildman–Crippen LogP) is 2.64. The largest absolute Gasteiger partial charge is 0.490 e. The summed E-state index contributed by atoms with van der Waals surface area (Å²) in [6.45, 7) is 6.71. The molecule has 0 atom stereocenters. The molecule has 0 radical (unpaired) electrons. The molecule has 0 saturated carbocycles. The van der Waals surface area contributed by atoms with E-state index in [-0.39, 0.29) is 12.5 Å². The number of carbonyl (C=O) groups is 2. The van der Waals surface area contributed by atoms with Crippen LogP contribution in [0.1, 0.15) is 35.3 Å². The highest BCUT2D eigenvalue weighted by atomic mass is 32.1. The molecule has 28 heavy (non-hydrogen) atoms. The van der Waals surface area contributed by atoms with Gasteiger partial charge in [0.2, 0.25) is 5.91 Å². The number of hydrogen-bond donors (Lipinski definition) is 2. The topological polar surface area (TPSA) is 93.9 Å². The summed E-state index contributed by atoms with van der Waals surface area (Å²) in [4.78, 5) is 25.9. The van der Waals surface area contributed by atoms with Crippen molar-refractivity contribution in [2.75, 3.05) is 31.6 Å². The van der Waals surface area contributed by atoms with Crippen LogP contribution in [0.3, 0.4) is 0 Å². The first-order valence-corrected chi connectivity index (χ1v) is 10.2. The molecule has 0 unspecified atom stereocenters. The molecule has 150 valence electrons. The highest BCUT2D eigenvalue weighted by Crippen LogP contribution is 2.34. The minimum Gasteiger partial charge on any atom is -0.490 e. The van der Waals surface area contributed by atoms with Gasteiger partial charge in [0, 0.05) is 13.1 Å². The molecule has 1 aliphatic heterocycles. The van der Waals surface area contributed by atoms with E-state index in [1.54, 1.807) is 11.4 Å². The fraction of sp³-hybridized carbons (Fsp3) is 0.400. The van der Waals surface area contributed by atoms with Gasteiger partial charge in [-0.3, -0.25) is 14.5 Å². The van der Waals surface area contributed by atoms with Crippen molar-refractivity contribution in [3.8, 4) is 11.5 Å². The number of fused-ring (bicyclic) bond motifs is 1. The second-order valence-electron chi connectivity index (χ2n) is 6.47. The van der Waals surface area contributed by atoms with Crippen molar-refractivity contribution in [1.29, 1.82) is 0 Å². The van der Waals surface area contributed by atoms with Crippen LogP contribution < -0.4 is 20.5 Å². The van der Waals surface area contributed by atoms with Crippen LogP contribution in [0.5, 0.6) is 11.5 Å². The van der Waals surface area contributed by atoms with E-state index in [9.17, 15) is 9.59 Å². The predicted molar refractivity (Wildman–Crippen MR) is 109 cm³/mol. The smallest absolute Gasteiger partial charge is 0.251 e. The van der Waals surface area contributed by atoms with Crippen LogP contribution >= 0.6 is 11.3 Å². The number of rotatable bonds is 8. The Labute approximate surface area is 168 Å². The molecule has 8 heteroatoms. The first-order chi connectivity index (χ1) is 13.5. The van der Waals surface area contributed by atoms with Crippen molar-refractivity contribution in [2.24, 2.45) is 5.73 Å². The molecule has 0 aliphatic carbocycles. The van der Waals surface area contributed by atoms with Gasteiger partial charge >= 0.3 is 0 Å². The van der Waals surface area contributed by atoms with Crippen molar-refractivity contribution in [3.05, 3.63) is 40.3 Å². The first-order valence-electron chi connectivity index (χ1n) is 9.32. The van der Waals surface area contributed by atoms with Gasteiger partial charge in [-0.1, -0.05) is 0 Å². The lowest BCUT2D eigenvalue weighted by Crippen LogP contribution is -2.37. The van der Waals surface area contributed by atoms with E-state index in [2.05, 4.69) is 10.2 Å². The van der Waals surface area contributed by atoms with Crippen molar-refractivity contribution in [3.63, 3.8) is 0 Å². The fourth-order valence-electron chi connectivity index (χ4n) is 3.26. The number of benzene rings is 1. The summed E-state index contributed by atoms with van der Waals surface area (Å²) in [6.07, 6.45) is 0.834. The average Bonchev–Trinajstić information content (AvgIpc) is 3.11. The maximum atomic E-state index is 12.4. The first kappa shape index (κ1) is 20.2. The van der Waals surface area contributed by atoms with Crippen LogP contribution in [-0.4, -0.2) is 43.0 Å². The van der Waals surface area contributed by atoms with Crippen molar-refractivity contribution < 1.29 is 19.1 Å². The van der Waals surface area contributed by atoms with Crippen LogP contribution in [-0.2, 0) is 17.8 Å². The Bertz CT molecular complexity index is 865. The van der Waals surface area contributed by atoms with Crippen molar-refractivity contribution >= 4 is 28.2 Å². The second-order valence-corrected chi connectivity index (χ2v) is 7.39. The number of ether oxygens (including phenoxy) is 2. The molecule has 1 aliphatic rings. The van der Waals surface area contributed by atoms with Gasteiger partial charge in [-0.2, -0.15) is 0 Å². The molecule has 2 amide bonds. The Kier molecular flexibility index (Phi) is 6.53. The molecule has 0 fully saturated rings. The lowest BCUT2D eigenvalue weighted by atomic mass is 9.99. The maximum Gasteiger partial charge on any atom is 0.251 e. The molecule has 0 saturated heterocycles. The summed E-state index contributed by atoms with van der Waals surface area (Å²) in [7, 11) is 0. The lowest BCUT2D eigenvalue weighted by Gasteiger charge is -2.29. The van der Waals surface area contributed by atoms with E-state index >= 15 is 0 Å². The highest BCUT2D eigenvalue weighted by Gasteiger charge is 2.22. The molecule has 0 bridgehead atoms. The molecule has 2 aromatic rings. The van der Waals surface area contributed by atoms with Gasteiger partial charge in [-0.05, 0) is 55.0 Å². The Morgan fingerprint density at radius 2 is 1.86 bits per heavy atom. The minimum absolute atomic E-state index is 0.163. The third-order valence-corrected chi connectivity index (χ3v) is 5.34. The third-order valence-electron chi connectivity index (χ3n) is 4.51. The van der Waals surface area contributed by atoms with E-state index in [4.69, 9.17) is 15.2 Å².